The molecule has 130 valence electrons. The Morgan fingerprint density at radius 3 is 2.36 bits per heavy atom. The van der Waals surface area contributed by atoms with Crippen LogP contribution in [-0.2, 0) is 4.74 Å². The molecule has 0 N–H and O–H groups in total. The Hall–Kier alpha value is -0.330. The highest BCUT2D eigenvalue weighted by molar-refractivity contribution is 4.74. The fourth-order valence-electron chi connectivity index (χ4n) is 3.52. The van der Waals surface area contributed by atoms with Crippen LogP contribution < -0.4 is 0 Å². The summed E-state index contributed by atoms with van der Waals surface area (Å²) in [5.74, 6) is 0.639. The average molecular weight is 322 g/mol. The van der Waals surface area contributed by atoms with Crippen molar-refractivity contribution in [2.24, 2.45) is 5.92 Å². The molecule has 2 atom stereocenters. The second-order valence-electron chi connectivity index (χ2n) is 6.76. The number of rotatable bonds is 5. The molecule has 0 aromatic carbocycles. The van der Waals surface area contributed by atoms with Gasteiger partial charge < -0.3 is 4.74 Å². The molecule has 0 radical (unpaired) electrons. The molecule has 0 unspecified atom stereocenters. The summed E-state index contributed by atoms with van der Waals surface area (Å²) >= 11 is 0. The Balaban J connectivity index is 1.64. The first-order valence-electron chi connectivity index (χ1n) is 8.57. The molecule has 2 rings (SSSR count). The standard InChI is InChI=1S/C16H29F3N2O/c1-14-5-2-3-6-15(14)22-12-11-20-7-4-8-21(10-9-20)13-16(17,18)19/h14-15H,2-13H2,1H3/t14-,15-/m1/s1. The highest BCUT2D eigenvalue weighted by Crippen LogP contribution is 2.26. The van der Waals surface area contributed by atoms with Crippen LogP contribution in [0.3, 0.4) is 0 Å². The topological polar surface area (TPSA) is 15.7 Å². The third kappa shape index (κ3) is 6.42. The summed E-state index contributed by atoms with van der Waals surface area (Å²) in [7, 11) is 0. The number of ether oxygens (including phenoxy) is 1. The minimum atomic E-state index is -4.09. The highest BCUT2D eigenvalue weighted by Gasteiger charge is 2.31. The van der Waals surface area contributed by atoms with Crippen molar-refractivity contribution in [3.05, 3.63) is 0 Å². The van der Waals surface area contributed by atoms with Crippen LogP contribution in [0, 0.1) is 5.92 Å². The maximum Gasteiger partial charge on any atom is 0.401 e. The summed E-state index contributed by atoms with van der Waals surface area (Å²) in [6, 6.07) is 0. The van der Waals surface area contributed by atoms with Gasteiger partial charge in [0.2, 0.25) is 0 Å². The maximum absolute atomic E-state index is 12.4. The Labute approximate surface area is 131 Å². The first-order chi connectivity index (χ1) is 10.4. The van der Waals surface area contributed by atoms with E-state index in [1.165, 1.54) is 24.2 Å². The molecule has 3 nitrogen and oxygen atoms in total. The molecule has 1 saturated carbocycles. The molecule has 1 heterocycles. The lowest BCUT2D eigenvalue weighted by atomic mass is 9.88. The summed E-state index contributed by atoms with van der Waals surface area (Å²) in [5.41, 5.74) is 0. The molecule has 2 aliphatic rings. The lowest BCUT2D eigenvalue weighted by Crippen LogP contribution is -2.38. The van der Waals surface area contributed by atoms with Gasteiger partial charge in [0.1, 0.15) is 0 Å². The zero-order chi connectivity index (χ0) is 16.0. The fourth-order valence-corrected chi connectivity index (χ4v) is 3.52. The van der Waals surface area contributed by atoms with Crippen molar-refractivity contribution in [2.75, 3.05) is 45.9 Å². The summed E-state index contributed by atoms with van der Waals surface area (Å²) in [6.45, 7) is 5.63. The first-order valence-corrected chi connectivity index (χ1v) is 8.57. The van der Waals surface area contributed by atoms with Gasteiger partial charge in [-0.15, -0.1) is 0 Å². The predicted octanol–water partition coefficient (Wildman–Crippen LogP) is 3.15. The van der Waals surface area contributed by atoms with E-state index in [0.29, 0.717) is 38.3 Å². The lowest BCUT2D eigenvalue weighted by Gasteiger charge is -2.30. The molecule has 0 spiro atoms. The molecule has 0 amide bonds. The molecule has 0 aromatic rings. The molecule has 1 saturated heterocycles. The van der Waals surface area contributed by atoms with Crippen LogP contribution in [0.4, 0.5) is 13.2 Å². The van der Waals surface area contributed by atoms with E-state index >= 15 is 0 Å². The average Bonchev–Trinajstić information content (AvgIpc) is 2.65. The van der Waals surface area contributed by atoms with E-state index in [0.717, 1.165) is 25.9 Å². The van der Waals surface area contributed by atoms with Crippen molar-refractivity contribution >= 4 is 0 Å². The largest absolute Gasteiger partial charge is 0.401 e. The third-order valence-corrected chi connectivity index (χ3v) is 4.86. The number of halogens is 3. The molecule has 1 aliphatic carbocycles. The zero-order valence-corrected chi connectivity index (χ0v) is 13.6. The Morgan fingerprint density at radius 1 is 0.955 bits per heavy atom. The molecule has 0 bridgehead atoms. The predicted molar refractivity (Wildman–Crippen MR) is 80.9 cm³/mol. The van der Waals surface area contributed by atoms with Gasteiger partial charge in [-0.25, -0.2) is 0 Å². The van der Waals surface area contributed by atoms with Gasteiger partial charge in [0.15, 0.2) is 0 Å². The number of alkyl halides is 3. The SMILES string of the molecule is C[C@@H]1CCCC[C@H]1OCCN1CCCN(CC(F)(F)F)CC1. The molecule has 6 heteroatoms. The monoisotopic (exact) mass is 322 g/mol. The lowest BCUT2D eigenvalue weighted by molar-refractivity contribution is -0.145. The van der Waals surface area contributed by atoms with Crippen molar-refractivity contribution in [3.63, 3.8) is 0 Å². The van der Waals surface area contributed by atoms with Crippen molar-refractivity contribution in [1.29, 1.82) is 0 Å². The van der Waals surface area contributed by atoms with Crippen LogP contribution in [0.2, 0.25) is 0 Å². The van der Waals surface area contributed by atoms with Crippen LogP contribution >= 0.6 is 0 Å². The van der Waals surface area contributed by atoms with Crippen LogP contribution in [0.1, 0.15) is 39.0 Å². The van der Waals surface area contributed by atoms with E-state index in [1.54, 1.807) is 0 Å². The molecule has 0 aromatic heterocycles. The molecule has 22 heavy (non-hydrogen) atoms. The Kier molecular flexibility index (Phi) is 6.96. The second kappa shape index (κ2) is 8.50. The van der Waals surface area contributed by atoms with E-state index < -0.39 is 12.7 Å². The highest BCUT2D eigenvalue weighted by atomic mass is 19.4. The van der Waals surface area contributed by atoms with E-state index in [1.807, 2.05) is 0 Å². The second-order valence-corrected chi connectivity index (χ2v) is 6.76. The van der Waals surface area contributed by atoms with Gasteiger partial charge in [-0.2, -0.15) is 13.2 Å². The molecule has 1 aliphatic heterocycles. The van der Waals surface area contributed by atoms with Gasteiger partial charge in [0.05, 0.1) is 19.3 Å². The van der Waals surface area contributed by atoms with Gasteiger partial charge in [-0.1, -0.05) is 19.8 Å². The van der Waals surface area contributed by atoms with Gasteiger partial charge in [0.25, 0.3) is 0 Å². The van der Waals surface area contributed by atoms with Crippen molar-refractivity contribution in [3.8, 4) is 0 Å². The summed E-state index contributed by atoms with van der Waals surface area (Å²) in [4.78, 5) is 3.76. The minimum absolute atomic E-state index is 0.377. The van der Waals surface area contributed by atoms with Crippen LogP contribution in [0.5, 0.6) is 0 Å². The van der Waals surface area contributed by atoms with Crippen molar-refractivity contribution in [1.82, 2.24) is 9.80 Å². The van der Waals surface area contributed by atoms with Gasteiger partial charge in [-0.3, -0.25) is 9.80 Å². The number of nitrogens with zero attached hydrogens (tertiary/aromatic N) is 2. The van der Waals surface area contributed by atoms with Gasteiger partial charge >= 0.3 is 6.18 Å². The normalized spacial score (nSPS) is 29.5. The molecular weight excluding hydrogens is 293 g/mol. The third-order valence-electron chi connectivity index (χ3n) is 4.86. The van der Waals surface area contributed by atoms with E-state index in [2.05, 4.69) is 11.8 Å². The van der Waals surface area contributed by atoms with E-state index in [-0.39, 0.29) is 0 Å². The van der Waals surface area contributed by atoms with Crippen LogP contribution in [-0.4, -0.2) is 68.0 Å². The van der Waals surface area contributed by atoms with E-state index in [9.17, 15) is 13.2 Å². The minimum Gasteiger partial charge on any atom is -0.377 e. The fraction of sp³-hybridized carbons (Fsp3) is 1.00. The van der Waals surface area contributed by atoms with Crippen molar-refractivity contribution in [2.45, 2.75) is 51.3 Å². The Morgan fingerprint density at radius 2 is 1.64 bits per heavy atom. The maximum atomic E-state index is 12.4. The smallest absolute Gasteiger partial charge is 0.377 e. The zero-order valence-electron chi connectivity index (χ0n) is 13.6. The van der Waals surface area contributed by atoms with Crippen LogP contribution in [0.25, 0.3) is 0 Å². The quantitative estimate of drug-likeness (QED) is 0.773. The first kappa shape index (κ1) is 18.0. The number of hydrogen-bond acceptors (Lipinski definition) is 3. The van der Waals surface area contributed by atoms with Gasteiger partial charge in [0, 0.05) is 19.6 Å². The van der Waals surface area contributed by atoms with E-state index in [4.69, 9.17) is 4.74 Å². The Bertz CT molecular complexity index is 325. The van der Waals surface area contributed by atoms with Crippen LogP contribution in [0.15, 0.2) is 0 Å². The summed E-state index contributed by atoms with van der Waals surface area (Å²) in [5, 5.41) is 0. The van der Waals surface area contributed by atoms with Crippen molar-refractivity contribution < 1.29 is 17.9 Å². The number of hydrogen-bond donors (Lipinski definition) is 0. The summed E-state index contributed by atoms with van der Waals surface area (Å²) < 4.78 is 43.3. The molecule has 2 fully saturated rings. The molecular formula is C16H29F3N2O. The summed E-state index contributed by atoms with van der Waals surface area (Å²) in [6.07, 6.45) is 2.06. The van der Waals surface area contributed by atoms with Gasteiger partial charge in [-0.05, 0) is 38.3 Å².